The fourth-order valence-corrected chi connectivity index (χ4v) is 1.50. The summed E-state index contributed by atoms with van der Waals surface area (Å²) in [7, 11) is 0. The molecule has 0 saturated heterocycles. The molecule has 2 atom stereocenters. The van der Waals surface area contributed by atoms with Crippen LogP contribution in [0, 0.1) is 34.5 Å². The highest BCUT2D eigenvalue weighted by Gasteiger charge is 1.98. The van der Waals surface area contributed by atoms with Crippen molar-refractivity contribution in [1.29, 1.82) is 10.5 Å². The normalized spacial score (nSPS) is 18.0. The Labute approximate surface area is 111 Å². The monoisotopic (exact) mass is 248 g/mol. The van der Waals surface area contributed by atoms with Crippen molar-refractivity contribution in [2.75, 3.05) is 13.1 Å². The maximum absolute atomic E-state index is 8.39. The Morgan fingerprint density at radius 2 is 1.06 bits per heavy atom. The van der Waals surface area contributed by atoms with Gasteiger partial charge in [0, 0.05) is 0 Å². The van der Waals surface area contributed by atoms with E-state index < -0.39 is 0 Å². The van der Waals surface area contributed by atoms with Gasteiger partial charge in [-0.2, -0.15) is 20.8 Å². The number of azo groups is 1. The summed E-state index contributed by atoms with van der Waals surface area (Å²) in [4.78, 5) is 0. The standard InChI is InChI=1S/C8H12N4.C6H12/c1-7(3-9)5-11-12-6-8(2)4-10;1-2-4-6-5-3-1/h7-8H,5-6H2,1-2H3;1-6H2. The average Bonchev–Trinajstić information content (AvgIpc) is 2.45. The maximum Gasteiger partial charge on any atom is 0.0754 e. The second-order valence-corrected chi connectivity index (χ2v) is 4.83. The predicted octanol–water partition coefficient (Wildman–Crippen LogP) is 4.10. The van der Waals surface area contributed by atoms with Gasteiger partial charge in [0.05, 0.1) is 37.1 Å². The number of nitriles is 2. The molecule has 1 aliphatic rings. The fraction of sp³-hybridized carbons (Fsp3) is 0.857. The number of nitrogens with zero attached hydrogens (tertiary/aromatic N) is 4. The quantitative estimate of drug-likeness (QED) is 0.702. The molecule has 0 heterocycles. The van der Waals surface area contributed by atoms with E-state index in [2.05, 4.69) is 10.2 Å². The van der Waals surface area contributed by atoms with Crippen LogP contribution in [0.2, 0.25) is 0 Å². The fourth-order valence-electron chi connectivity index (χ4n) is 1.50. The van der Waals surface area contributed by atoms with E-state index in [0.29, 0.717) is 13.1 Å². The molecule has 1 fully saturated rings. The lowest BCUT2D eigenvalue weighted by molar-refractivity contribution is 0.504. The Balaban J connectivity index is 0.000000397. The Morgan fingerprint density at radius 1 is 0.778 bits per heavy atom. The molecule has 0 aromatic heterocycles. The van der Waals surface area contributed by atoms with Crippen LogP contribution in [0.1, 0.15) is 52.4 Å². The van der Waals surface area contributed by atoms with E-state index in [1.54, 1.807) is 13.8 Å². The molecule has 0 bridgehead atoms. The minimum atomic E-state index is -0.0915. The predicted molar refractivity (Wildman–Crippen MR) is 71.8 cm³/mol. The smallest absolute Gasteiger partial charge is 0.0754 e. The lowest BCUT2D eigenvalue weighted by Crippen LogP contribution is -1.96. The summed E-state index contributed by atoms with van der Waals surface area (Å²) in [5.41, 5.74) is 0. The molecule has 18 heavy (non-hydrogen) atoms. The molecule has 2 unspecified atom stereocenters. The molecule has 0 aromatic rings. The van der Waals surface area contributed by atoms with E-state index >= 15 is 0 Å². The molecule has 0 aromatic carbocycles. The first-order valence-corrected chi connectivity index (χ1v) is 6.83. The van der Waals surface area contributed by atoms with Gasteiger partial charge in [-0.1, -0.05) is 38.5 Å². The maximum atomic E-state index is 8.39. The zero-order chi connectivity index (χ0) is 13.6. The van der Waals surface area contributed by atoms with Crippen LogP contribution in [0.4, 0.5) is 0 Å². The first-order valence-electron chi connectivity index (χ1n) is 6.83. The van der Waals surface area contributed by atoms with Gasteiger partial charge in [0.25, 0.3) is 0 Å². The lowest BCUT2D eigenvalue weighted by Gasteiger charge is -2.05. The average molecular weight is 248 g/mol. The third kappa shape index (κ3) is 11.1. The summed E-state index contributed by atoms with van der Waals surface area (Å²) < 4.78 is 0. The van der Waals surface area contributed by atoms with Crippen molar-refractivity contribution in [3.8, 4) is 12.1 Å². The largest absolute Gasteiger partial charge is 0.198 e. The van der Waals surface area contributed by atoms with Crippen molar-refractivity contribution >= 4 is 0 Å². The number of hydrogen-bond donors (Lipinski definition) is 0. The van der Waals surface area contributed by atoms with Gasteiger partial charge in [0.15, 0.2) is 0 Å². The molecular weight excluding hydrogens is 224 g/mol. The van der Waals surface area contributed by atoms with Crippen molar-refractivity contribution in [2.45, 2.75) is 52.4 Å². The zero-order valence-electron chi connectivity index (χ0n) is 11.6. The molecule has 4 heteroatoms. The van der Waals surface area contributed by atoms with Crippen LogP contribution in [-0.2, 0) is 0 Å². The van der Waals surface area contributed by atoms with Gasteiger partial charge in [-0.25, -0.2) is 0 Å². The number of rotatable bonds is 4. The Kier molecular flexibility index (Phi) is 11.1. The highest BCUT2D eigenvalue weighted by molar-refractivity contribution is 4.81. The van der Waals surface area contributed by atoms with Crippen LogP contribution in [0.5, 0.6) is 0 Å². The highest BCUT2D eigenvalue weighted by atomic mass is 15.1. The van der Waals surface area contributed by atoms with Crippen molar-refractivity contribution < 1.29 is 0 Å². The van der Waals surface area contributed by atoms with Crippen molar-refractivity contribution in [2.24, 2.45) is 22.1 Å². The molecule has 1 aliphatic carbocycles. The summed E-state index contributed by atoms with van der Waals surface area (Å²) in [6, 6.07) is 4.10. The minimum absolute atomic E-state index is 0.0915. The Hall–Kier alpha value is -1.42. The Bertz CT molecular complexity index is 258. The molecule has 0 amide bonds. The van der Waals surface area contributed by atoms with Gasteiger partial charge in [0.2, 0.25) is 0 Å². The van der Waals surface area contributed by atoms with Crippen LogP contribution in [-0.4, -0.2) is 13.1 Å². The van der Waals surface area contributed by atoms with E-state index in [4.69, 9.17) is 10.5 Å². The van der Waals surface area contributed by atoms with Crippen LogP contribution in [0.3, 0.4) is 0 Å². The molecular formula is C14H24N4. The summed E-state index contributed by atoms with van der Waals surface area (Å²) in [5, 5.41) is 24.3. The van der Waals surface area contributed by atoms with Gasteiger partial charge in [-0.15, -0.1) is 0 Å². The van der Waals surface area contributed by atoms with Gasteiger partial charge >= 0.3 is 0 Å². The van der Waals surface area contributed by atoms with E-state index in [-0.39, 0.29) is 11.8 Å². The van der Waals surface area contributed by atoms with Gasteiger partial charge in [0.1, 0.15) is 0 Å². The zero-order valence-corrected chi connectivity index (χ0v) is 11.6. The summed E-state index contributed by atoms with van der Waals surface area (Å²) in [6.45, 7) is 4.42. The van der Waals surface area contributed by atoms with E-state index in [1.807, 2.05) is 12.1 Å². The SMILES string of the molecule is C1CCCCC1.CC(C#N)CN=NCC(C)C#N. The van der Waals surface area contributed by atoms with Gasteiger partial charge in [-0.3, -0.25) is 0 Å². The first kappa shape index (κ1) is 16.6. The van der Waals surface area contributed by atoms with Gasteiger partial charge < -0.3 is 0 Å². The third-order valence-electron chi connectivity index (χ3n) is 2.75. The van der Waals surface area contributed by atoms with Crippen LogP contribution >= 0.6 is 0 Å². The molecule has 100 valence electrons. The summed E-state index contributed by atoms with van der Waals surface area (Å²) in [5.74, 6) is -0.183. The molecule has 4 nitrogen and oxygen atoms in total. The van der Waals surface area contributed by atoms with Crippen molar-refractivity contribution in [3.63, 3.8) is 0 Å². The molecule has 0 radical (unpaired) electrons. The molecule has 1 saturated carbocycles. The van der Waals surface area contributed by atoms with Crippen molar-refractivity contribution in [1.82, 2.24) is 0 Å². The van der Waals surface area contributed by atoms with Crippen LogP contribution in [0.25, 0.3) is 0 Å². The number of hydrogen-bond acceptors (Lipinski definition) is 4. The highest BCUT2D eigenvalue weighted by Crippen LogP contribution is 2.15. The first-order chi connectivity index (χ1) is 8.70. The van der Waals surface area contributed by atoms with Crippen LogP contribution in [0.15, 0.2) is 10.2 Å². The molecule has 0 N–H and O–H groups in total. The topological polar surface area (TPSA) is 72.3 Å². The second kappa shape index (κ2) is 12.0. The summed E-state index contributed by atoms with van der Waals surface area (Å²) in [6.07, 6.45) is 9.00. The molecule has 0 aliphatic heterocycles. The Morgan fingerprint density at radius 3 is 1.28 bits per heavy atom. The lowest BCUT2D eigenvalue weighted by atomic mass is 10.0. The van der Waals surface area contributed by atoms with E-state index in [9.17, 15) is 0 Å². The molecule has 1 rings (SSSR count). The molecule has 0 spiro atoms. The second-order valence-electron chi connectivity index (χ2n) is 4.83. The van der Waals surface area contributed by atoms with E-state index in [1.165, 1.54) is 38.5 Å². The third-order valence-corrected chi connectivity index (χ3v) is 2.75. The van der Waals surface area contributed by atoms with Crippen molar-refractivity contribution in [3.05, 3.63) is 0 Å². The van der Waals surface area contributed by atoms with Crippen LogP contribution < -0.4 is 0 Å². The van der Waals surface area contributed by atoms with Gasteiger partial charge in [-0.05, 0) is 13.8 Å². The van der Waals surface area contributed by atoms with E-state index in [0.717, 1.165) is 0 Å². The summed E-state index contributed by atoms with van der Waals surface area (Å²) >= 11 is 0. The minimum Gasteiger partial charge on any atom is -0.198 e.